The summed E-state index contributed by atoms with van der Waals surface area (Å²) >= 11 is 0. The van der Waals surface area contributed by atoms with Crippen LogP contribution >= 0.6 is 0 Å². The SMILES string of the molecule is Cc1ccc(-c2cc(O)cc(O)c2C(=O)NNC(=O)Cc2cccc(O)c2)cc1. The van der Waals surface area contributed by atoms with Crippen molar-refractivity contribution in [1.82, 2.24) is 10.9 Å². The molecule has 29 heavy (non-hydrogen) atoms. The quantitative estimate of drug-likeness (QED) is 0.438. The van der Waals surface area contributed by atoms with Crippen LogP contribution in [0.25, 0.3) is 11.1 Å². The van der Waals surface area contributed by atoms with Gasteiger partial charge in [0.25, 0.3) is 5.91 Å². The topological polar surface area (TPSA) is 119 Å². The Bertz CT molecular complexity index is 1060. The van der Waals surface area contributed by atoms with Crippen molar-refractivity contribution in [3.8, 4) is 28.4 Å². The maximum atomic E-state index is 12.6. The first-order chi connectivity index (χ1) is 13.8. The third-order valence-corrected chi connectivity index (χ3v) is 4.28. The normalized spacial score (nSPS) is 10.4. The van der Waals surface area contributed by atoms with Crippen molar-refractivity contribution in [2.24, 2.45) is 0 Å². The summed E-state index contributed by atoms with van der Waals surface area (Å²) in [6.07, 6.45) is -0.0545. The molecule has 0 aromatic heterocycles. The lowest BCUT2D eigenvalue weighted by molar-refractivity contribution is -0.121. The first-order valence-electron chi connectivity index (χ1n) is 8.83. The number of phenolic OH excluding ortho intramolecular Hbond substituents is 3. The Hall–Kier alpha value is -4.00. The van der Waals surface area contributed by atoms with Gasteiger partial charge in [-0.05, 0) is 36.2 Å². The minimum absolute atomic E-state index is 0.0380. The van der Waals surface area contributed by atoms with Gasteiger partial charge < -0.3 is 15.3 Å². The van der Waals surface area contributed by atoms with Gasteiger partial charge in [0.05, 0.1) is 12.0 Å². The van der Waals surface area contributed by atoms with Gasteiger partial charge in [-0.15, -0.1) is 0 Å². The molecule has 3 aromatic rings. The number of hydrogen-bond donors (Lipinski definition) is 5. The summed E-state index contributed by atoms with van der Waals surface area (Å²) < 4.78 is 0. The van der Waals surface area contributed by atoms with E-state index < -0.39 is 17.6 Å². The average Bonchev–Trinajstić information content (AvgIpc) is 2.66. The van der Waals surface area contributed by atoms with Gasteiger partial charge in [-0.3, -0.25) is 20.4 Å². The highest BCUT2D eigenvalue weighted by atomic mass is 16.3. The van der Waals surface area contributed by atoms with E-state index in [-0.39, 0.29) is 23.5 Å². The molecule has 0 saturated heterocycles. The zero-order chi connectivity index (χ0) is 21.0. The van der Waals surface area contributed by atoms with Gasteiger partial charge in [0, 0.05) is 11.6 Å². The molecule has 2 amide bonds. The number of rotatable bonds is 4. The van der Waals surface area contributed by atoms with E-state index in [1.807, 2.05) is 19.1 Å². The number of aromatic hydroxyl groups is 3. The molecule has 148 valence electrons. The van der Waals surface area contributed by atoms with Crippen LogP contribution in [-0.2, 0) is 11.2 Å². The van der Waals surface area contributed by atoms with E-state index in [9.17, 15) is 24.9 Å². The second-order valence-electron chi connectivity index (χ2n) is 6.60. The Morgan fingerprint density at radius 2 is 1.59 bits per heavy atom. The standard InChI is InChI=1S/C22H20N2O5/c1-13-5-7-15(8-6-13)18-11-17(26)12-19(27)21(18)22(29)24-23-20(28)10-14-3-2-4-16(25)9-14/h2-9,11-12,25-27H,10H2,1H3,(H,23,28)(H,24,29). The van der Waals surface area contributed by atoms with Crippen LogP contribution in [-0.4, -0.2) is 27.1 Å². The van der Waals surface area contributed by atoms with Crippen molar-refractivity contribution in [2.75, 3.05) is 0 Å². The van der Waals surface area contributed by atoms with Gasteiger partial charge in [-0.1, -0.05) is 42.0 Å². The van der Waals surface area contributed by atoms with Crippen molar-refractivity contribution in [3.63, 3.8) is 0 Å². The Morgan fingerprint density at radius 1 is 0.862 bits per heavy atom. The largest absolute Gasteiger partial charge is 0.508 e. The average molecular weight is 392 g/mol. The number of benzene rings is 3. The van der Waals surface area contributed by atoms with E-state index in [0.29, 0.717) is 16.7 Å². The molecule has 0 saturated carbocycles. The van der Waals surface area contributed by atoms with Gasteiger partial charge >= 0.3 is 0 Å². The molecule has 0 spiro atoms. The van der Waals surface area contributed by atoms with Crippen molar-refractivity contribution >= 4 is 11.8 Å². The molecule has 0 fully saturated rings. The lowest BCUT2D eigenvalue weighted by Crippen LogP contribution is -2.42. The highest BCUT2D eigenvalue weighted by Gasteiger charge is 2.20. The van der Waals surface area contributed by atoms with E-state index >= 15 is 0 Å². The summed E-state index contributed by atoms with van der Waals surface area (Å²) in [6, 6.07) is 15.9. The van der Waals surface area contributed by atoms with Crippen LogP contribution in [0.2, 0.25) is 0 Å². The number of phenols is 3. The van der Waals surface area contributed by atoms with Crippen LogP contribution in [0.15, 0.2) is 60.7 Å². The van der Waals surface area contributed by atoms with E-state index in [2.05, 4.69) is 10.9 Å². The van der Waals surface area contributed by atoms with Crippen molar-refractivity contribution in [3.05, 3.63) is 77.4 Å². The van der Waals surface area contributed by atoms with Crippen LogP contribution < -0.4 is 10.9 Å². The molecule has 0 aliphatic rings. The summed E-state index contributed by atoms with van der Waals surface area (Å²) in [4.78, 5) is 24.7. The summed E-state index contributed by atoms with van der Waals surface area (Å²) in [5.41, 5.74) is 7.01. The van der Waals surface area contributed by atoms with E-state index in [4.69, 9.17) is 0 Å². The van der Waals surface area contributed by atoms with Gasteiger partial charge in [0.15, 0.2) is 0 Å². The summed E-state index contributed by atoms with van der Waals surface area (Å²) in [5, 5.41) is 29.5. The third-order valence-electron chi connectivity index (χ3n) is 4.28. The Kier molecular flexibility index (Phi) is 5.69. The fourth-order valence-electron chi connectivity index (χ4n) is 2.90. The molecule has 5 N–H and O–H groups in total. The Labute approximate surface area is 167 Å². The molecular formula is C22H20N2O5. The fraction of sp³-hybridized carbons (Fsp3) is 0.0909. The molecule has 0 bridgehead atoms. The van der Waals surface area contributed by atoms with E-state index in [1.54, 1.807) is 24.3 Å². The number of amides is 2. The van der Waals surface area contributed by atoms with Crippen molar-refractivity contribution in [1.29, 1.82) is 0 Å². The smallest absolute Gasteiger partial charge is 0.274 e. The molecule has 0 heterocycles. The molecule has 0 unspecified atom stereocenters. The molecule has 0 aliphatic heterocycles. The van der Waals surface area contributed by atoms with E-state index in [0.717, 1.165) is 11.6 Å². The highest BCUT2D eigenvalue weighted by Crippen LogP contribution is 2.34. The number of carbonyl (C=O) groups excluding carboxylic acids is 2. The monoisotopic (exact) mass is 392 g/mol. The van der Waals surface area contributed by atoms with Crippen LogP contribution in [0.3, 0.4) is 0 Å². The van der Waals surface area contributed by atoms with Crippen LogP contribution in [0.1, 0.15) is 21.5 Å². The second-order valence-corrected chi connectivity index (χ2v) is 6.60. The first-order valence-corrected chi connectivity index (χ1v) is 8.83. The molecule has 3 aromatic carbocycles. The van der Waals surface area contributed by atoms with Crippen molar-refractivity contribution in [2.45, 2.75) is 13.3 Å². The zero-order valence-electron chi connectivity index (χ0n) is 15.6. The predicted molar refractivity (Wildman–Crippen MR) is 107 cm³/mol. The van der Waals surface area contributed by atoms with Crippen molar-refractivity contribution < 1.29 is 24.9 Å². The number of hydrazine groups is 1. The van der Waals surface area contributed by atoms with E-state index in [1.165, 1.54) is 18.2 Å². The van der Waals surface area contributed by atoms with Gasteiger partial charge in [0.2, 0.25) is 5.91 Å². The number of nitrogens with one attached hydrogen (secondary N) is 2. The Balaban J connectivity index is 1.78. The number of hydrogen-bond acceptors (Lipinski definition) is 5. The minimum atomic E-state index is -0.734. The number of carbonyl (C=O) groups is 2. The molecule has 0 atom stereocenters. The van der Waals surface area contributed by atoms with Crippen LogP contribution in [0.4, 0.5) is 0 Å². The van der Waals surface area contributed by atoms with Crippen LogP contribution in [0, 0.1) is 6.92 Å². The number of aryl methyl sites for hydroxylation is 1. The minimum Gasteiger partial charge on any atom is -0.508 e. The molecule has 0 radical (unpaired) electrons. The van der Waals surface area contributed by atoms with Gasteiger partial charge in [-0.25, -0.2) is 0 Å². The van der Waals surface area contributed by atoms with Gasteiger partial charge in [0.1, 0.15) is 17.2 Å². The van der Waals surface area contributed by atoms with Crippen LogP contribution in [0.5, 0.6) is 17.2 Å². The molecular weight excluding hydrogens is 372 g/mol. The fourth-order valence-corrected chi connectivity index (χ4v) is 2.90. The molecule has 0 aliphatic carbocycles. The molecule has 3 rings (SSSR count). The lowest BCUT2D eigenvalue weighted by atomic mass is 9.97. The lowest BCUT2D eigenvalue weighted by Gasteiger charge is -2.14. The summed E-state index contributed by atoms with van der Waals surface area (Å²) in [7, 11) is 0. The summed E-state index contributed by atoms with van der Waals surface area (Å²) in [6.45, 7) is 1.92. The first kappa shape index (κ1) is 19.8. The maximum Gasteiger partial charge on any atom is 0.274 e. The predicted octanol–water partition coefficient (Wildman–Crippen LogP) is 2.78. The zero-order valence-corrected chi connectivity index (χ0v) is 15.6. The molecule has 7 nitrogen and oxygen atoms in total. The second kappa shape index (κ2) is 8.35. The maximum absolute atomic E-state index is 12.6. The van der Waals surface area contributed by atoms with Gasteiger partial charge in [-0.2, -0.15) is 0 Å². The Morgan fingerprint density at radius 3 is 2.28 bits per heavy atom. The highest BCUT2D eigenvalue weighted by molar-refractivity contribution is 6.04. The third kappa shape index (κ3) is 4.84. The summed E-state index contributed by atoms with van der Waals surface area (Å²) in [5.74, 6) is -1.81. The molecule has 7 heteroatoms.